The minimum atomic E-state index is 1.05. The molecule has 3 heteroatoms. The predicted octanol–water partition coefficient (Wildman–Crippen LogP) is 0.570. The van der Waals surface area contributed by atoms with E-state index in [0.29, 0.717) is 0 Å². The van der Waals surface area contributed by atoms with E-state index in [4.69, 9.17) is 0 Å². The fourth-order valence-electron chi connectivity index (χ4n) is 1.59. The lowest BCUT2D eigenvalue weighted by molar-refractivity contribution is 0.310. The zero-order valence-electron chi connectivity index (χ0n) is 7.25. The number of fused-ring (bicyclic) bond motifs is 1. The van der Waals surface area contributed by atoms with Gasteiger partial charge in [0.2, 0.25) is 0 Å². The van der Waals surface area contributed by atoms with Gasteiger partial charge in [-0.1, -0.05) is 0 Å². The second-order valence-electron chi connectivity index (χ2n) is 3.36. The van der Waals surface area contributed by atoms with Crippen molar-refractivity contribution < 1.29 is 0 Å². The SMILES string of the molecule is CN1CCc2ncc(P)cc2C1. The highest BCUT2D eigenvalue weighted by molar-refractivity contribution is 7.27. The molecule has 0 aliphatic carbocycles. The Bertz CT molecular complexity index is 299. The van der Waals surface area contributed by atoms with Gasteiger partial charge in [0.25, 0.3) is 0 Å². The summed E-state index contributed by atoms with van der Waals surface area (Å²) in [6.45, 7) is 2.18. The molecule has 0 radical (unpaired) electrons. The maximum atomic E-state index is 4.41. The van der Waals surface area contributed by atoms with Gasteiger partial charge in [0.15, 0.2) is 0 Å². The fourth-order valence-corrected chi connectivity index (χ4v) is 1.86. The second kappa shape index (κ2) is 3.12. The zero-order chi connectivity index (χ0) is 8.55. The Morgan fingerprint density at radius 3 is 3.25 bits per heavy atom. The largest absolute Gasteiger partial charge is 0.302 e. The average Bonchev–Trinajstić information content (AvgIpc) is 2.03. The van der Waals surface area contributed by atoms with Crippen LogP contribution in [0.5, 0.6) is 0 Å². The van der Waals surface area contributed by atoms with Crippen molar-refractivity contribution in [2.45, 2.75) is 13.0 Å². The molecule has 0 saturated carbocycles. The maximum absolute atomic E-state index is 4.41. The minimum Gasteiger partial charge on any atom is -0.302 e. The third-order valence-corrected chi connectivity index (χ3v) is 2.57. The van der Waals surface area contributed by atoms with Crippen molar-refractivity contribution in [3.05, 3.63) is 23.5 Å². The normalized spacial score (nSPS) is 17.5. The van der Waals surface area contributed by atoms with Crippen molar-refractivity contribution in [2.24, 2.45) is 0 Å². The van der Waals surface area contributed by atoms with Crippen LogP contribution in [0.15, 0.2) is 12.3 Å². The Morgan fingerprint density at radius 2 is 2.42 bits per heavy atom. The van der Waals surface area contributed by atoms with E-state index in [1.807, 2.05) is 6.20 Å². The van der Waals surface area contributed by atoms with E-state index in [-0.39, 0.29) is 0 Å². The van der Waals surface area contributed by atoms with E-state index in [2.05, 4.69) is 32.2 Å². The Labute approximate surface area is 75.2 Å². The van der Waals surface area contributed by atoms with Crippen LogP contribution in [0, 0.1) is 0 Å². The first kappa shape index (κ1) is 8.15. The number of hydrogen-bond acceptors (Lipinski definition) is 2. The summed E-state index contributed by atoms with van der Waals surface area (Å²) in [5.74, 6) is 0. The lowest BCUT2D eigenvalue weighted by Gasteiger charge is -2.24. The molecule has 0 spiro atoms. The Kier molecular flexibility index (Phi) is 2.12. The summed E-state index contributed by atoms with van der Waals surface area (Å²) in [6.07, 6.45) is 3.02. The van der Waals surface area contributed by atoms with Gasteiger partial charge in [-0.15, -0.1) is 9.24 Å². The van der Waals surface area contributed by atoms with Crippen LogP contribution >= 0.6 is 9.24 Å². The van der Waals surface area contributed by atoms with Crippen LogP contribution in [0.2, 0.25) is 0 Å². The maximum Gasteiger partial charge on any atom is 0.0461 e. The molecule has 1 unspecified atom stereocenters. The number of nitrogens with zero attached hydrogens (tertiary/aromatic N) is 2. The monoisotopic (exact) mass is 180 g/mol. The van der Waals surface area contributed by atoms with E-state index in [9.17, 15) is 0 Å². The molecule has 1 aromatic heterocycles. The van der Waals surface area contributed by atoms with Gasteiger partial charge in [-0.05, 0) is 24.0 Å². The lowest BCUT2D eigenvalue weighted by atomic mass is 10.1. The van der Waals surface area contributed by atoms with Gasteiger partial charge in [-0.2, -0.15) is 0 Å². The molecule has 0 saturated heterocycles. The number of pyridine rings is 1. The molecule has 1 aliphatic rings. The Hall–Kier alpha value is -0.460. The van der Waals surface area contributed by atoms with Gasteiger partial charge in [0, 0.05) is 31.4 Å². The van der Waals surface area contributed by atoms with E-state index < -0.39 is 0 Å². The molecule has 1 atom stereocenters. The van der Waals surface area contributed by atoms with Gasteiger partial charge in [0.1, 0.15) is 0 Å². The third-order valence-electron chi connectivity index (χ3n) is 2.25. The molecule has 0 amide bonds. The van der Waals surface area contributed by atoms with Crippen molar-refractivity contribution in [1.82, 2.24) is 9.88 Å². The van der Waals surface area contributed by atoms with Crippen molar-refractivity contribution in [1.29, 1.82) is 0 Å². The van der Waals surface area contributed by atoms with Crippen LogP contribution in [0.25, 0.3) is 0 Å². The van der Waals surface area contributed by atoms with E-state index >= 15 is 0 Å². The van der Waals surface area contributed by atoms with Crippen LogP contribution in [-0.2, 0) is 13.0 Å². The molecule has 0 N–H and O–H groups in total. The summed E-state index contributed by atoms with van der Waals surface area (Å²) in [6, 6.07) is 2.21. The van der Waals surface area contributed by atoms with E-state index in [1.54, 1.807) is 0 Å². The average molecular weight is 180 g/mol. The Balaban J connectivity index is 2.37. The first-order chi connectivity index (χ1) is 5.75. The number of likely N-dealkylation sites (N-methyl/N-ethyl adjacent to an activating group) is 1. The number of rotatable bonds is 0. The van der Waals surface area contributed by atoms with Gasteiger partial charge in [-0.25, -0.2) is 0 Å². The molecule has 12 heavy (non-hydrogen) atoms. The van der Waals surface area contributed by atoms with Crippen LogP contribution in [0.1, 0.15) is 11.3 Å². The van der Waals surface area contributed by atoms with Crippen molar-refractivity contribution in [3.63, 3.8) is 0 Å². The number of hydrogen-bond donors (Lipinski definition) is 0. The van der Waals surface area contributed by atoms with Crippen LogP contribution < -0.4 is 5.30 Å². The molecular formula is C9H13N2P. The fraction of sp³-hybridized carbons (Fsp3) is 0.444. The molecule has 1 aromatic rings. The van der Waals surface area contributed by atoms with Crippen molar-refractivity contribution in [3.8, 4) is 0 Å². The lowest BCUT2D eigenvalue weighted by Crippen LogP contribution is -2.27. The molecule has 2 nitrogen and oxygen atoms in total. The van der Waals surface area contributed by atoms with Crippen LogP contribution in [-0.4, -0.2) is 23.5 Å². The molecule has 1 aliphatic heterocycles. The summed E-state index contributed by atoms with van der Waals surface area (Å²) in [4.78, 5) is 6.73. The highest BCUT2D eigenvalue weighted by Crippen LogP contribution is 2.14. The predicted molar refractivity (Wildman–Crippen MR) is 53.6 cm³/mol. The summed E-state index contributed by atoms with van der Waals surface area (Å²) >= 11 is 0. The standard InChI is InChI=1S/C9H13N2P/c1-11-3-2-9-7(6-11)4-8(12)5-10-9/h4-5H,2-3,6,12H2,1H3. The Morgan fingerprint density at radius 1 is 1.58 bits per heavy atom. The molecule has 2 rings (SSSR count). The van der Waals surface area contributed by atoms with Gasteiger partial charge in [-0.3, -0.25) is 4.98 Å². The highest BCUT2D eigenvalue weighted by Gasteiger charge is 2.13. The summed E-state index contributed by atoms with van der Waals surface area (Å²) < 4.78 is 0. The molecule has 0 bridgehead atoms. The van der Waals surface area contributed by atoms with Crippen molar-refractivity contribution >= 4 is 14.5 Å². The van der Waals surface area contributed by atoms with Gasteiger partial charge < -0.3 is 4.90 Å². The number of aromatic nitrogens is 1. The second-order valence-corrected chi connectivity index (χ2v) is 4.03. The van der Waals surface area contributed by atoms with E-state index in [0.717, 1.165) is 19.5 Å². The quantitative estimate of drug-likeness (QED) is 0.543. The summed E-state index contributed by atoms with van der Waals surface area (Å²) in [7, 11) is 4.84. The minimum absolute atomic E-state index is 1.05. The first-order valence-electron chi connectivity index (χ1n) is 4.17. The summed E-state index contributed by atoms with van der Waals surface area (Å²) in [5.41, 5.74) is 2.66. The van der Waals surface area contributed by atoms with Crippen molar-refractivity contribution in [2.75, 3.05) is 13.6 Å². The van der Waals surface area contributed by atoms with E-state index in [1.165, 1.54) is 16.6 Å². The highest BCUT2D eigenvalue weighted by atomic mass is 31.0. The molecule has 0 aromatic carbocycles. The van der Waals surface area contributed by atoms with Gasteiger partial charge in [0.05, 0.1) is 0 Å². The van der Waals surface area contributed by atoms with Gasteiger partial charge >= 0.3 is 0 Å². The zero-order valence-corrected chi connectivity index (χ0v) is 8.40. The molecule has 0 fully saturated rings. The van der Waals surface area contributed by atoms with Crippen LogP contribution in [0.3, 0.4) is 0 Å². The first-order valence-corrected chi connectivity index (χ1v) is 4.75. The third kappa shape index (κ3) is 1.50. The van der Waals surface area contributed by atoms with Crippen LogP contribution in [0.4, 0.5) is 0 Å². The smallest absolute Gasteiger partial charge is 0.0461 e. The molecule has 64 valence electrons. The molecule has 2 heterocycles. The molecular weight excluding hydrogens is 167 g/mol. The topological polar surface area (TPSA) is 16.1 Å². The summed E-state index contributed by atoms with van der Waals surface area (Å²) in [5, 5.41) is 1.18.